The summed E-state index contributed by atoms with van der Waals surface area (Å²) < 4.78 is 40.7. The minimum absolute atomic E-state index is 0.0478. The molecule has 1 aromatic rings. The van der Waals surface area contributed by atoms with Gasteiger partial charge in [-0.05, 0) is 57.4 Å². The largest absolute Gasteiger partial charge is 0.493 e. The van der Waals surface area contributed by atoms with Crippen LogP contribution in [-0.4, -0.2) is 62.6 Å². The van der Waals surface area contributed by atoms with E-state index < -0.39 is 10.2 Å². The Labute approximate surface area is 172 Å². The minimum atomic E-state index is -4.03. The topological polar surface area (TPSA) is 88.5 Å². The van der Waals surface area contributed by atoms with Crippen LogP contribution in [0.5, 0.6) is 11.5 Å². The number of benzene rings is 1. The van der Waals surface area contributed by atoms with Gasteiger partial charge in [-0.3, -0.25) is 4.79 Å². The van der Waals surface area contributed by atoms with Gasteiger partial charge in [0.2, 0.25) is 0 Å². The Hall–Kier alpha value is -2.55. The van der Waals surface area contributed by atoms with E-state index in [1.54, 1.807) is 23.1 Å². The van der Waals surface area contributed by atoms with Gasteiger partial charge in [0.15, 0.2) is 11.5 Å². The zero-order chi connectivity index (χ0) is 21.3. The number of likely N-dealkylation sites (N-methyl/N-ethyl adjacent to an activating group) is 1. The lowest BCUT2D eigenvalue weighted by molar-refractivity contribution is -0.134. The lowest BCUT2D eigenvalue weighted by atomic mass is 9.97. The van der Waals surface area contributed by atoms with Crippen LogP contribution in [-0.2, 0) is 15.0 Å². The first kappa shape index (κ1) is 21.2. The summed E-state index contributed by atoms with van der Waals surface area (Å²) in [4.78, 5) is 15.1. The number of carbonyl (C=O) groups excluding carboxylic acids is 1. The van der Waals surface area contributed by atoms with Gasteiger partial charge in [-0.1, -0.05) is 0 Å². The number of methoxy groups -OCH3 is 2. The van der Waals surface area contributed by atoms with Gasteiger partial charge in [0.05, 0.1) is 19.9 Å². The summed E-state index contributed by atoms with van der Waals surface area (Å²) in [5.74, 6) is 0.663. The molecule has 3 rings (SSSR count). The highest BCUT2D eigenvalue weighted by molar-refractivity contribution is 7.88. The Bertz CT molecular complexity index is 960. The first-order chi connectivity index (χ1) is 13.7. The molecule has 0 radical (unpaired) electrons. The van der Waals surface area contributed by atoms with Crippen LogP contribution >= 0.6 is 0 Å². The van der Waals surface area contributed by atoms with Crippen molar-refractivity contribution >= 4 is 21.8 Å². The Morgan fingerprint density at radius 3 is 2.31 bits per heavy atom. The van der Waals surface area contributed by atoms with Crippen molar-refractivity contribution in [1.82, 2.24) is 9.21 Å². The standard InChI is InChI=1S/C20H27N3O5S/c1-13-7-6-8-14(2)23(13)20(24)17-12-16(21-29(25,26)22(17)3)15-9-10-18(27-4)19(11-15)28-5/h9-14H,6-8H2,1-5H3. The lowest BCUT2D eigenvalue weighted by Crippen LogP contribution is -2.50. The molecular formula is C20H27N3O5S. The number of amides is 1. The second-order valence-corrected chi connectivity index (χ2v) is 8.99. The minimum Gasteiger partial charge on any atom is -0.493 e. The van der Waals surface area contributed by atoms with E-state index >= 15 is 0 Å². The normalized spacial score (nSPS) is 23.9. The third-order valence-corrected chi connectivity index (χ3v) is 6.82. The maximum absolute atomic E-state index is 13.3. The van der Waals surface area contributed by atoms with E-state index in [2.05, 4.69) is 4.40 Å². The summed E-state index contributed by atoms with van der Waals surface area (Å²) in [7, 11) is 0.345. The molecule has 2 aliphatic rings. The molecule has 8 nitrogen and oxygen atoms in total. The van der Waals surface area contributed by atoms with Gasteiger partial charge < -0.3 is 14.4 Å². The third-order valence-electron chi connectivity index (χ3n) is 5.50. The van der Waals surface area contributed by atoms with Crippen molar-refractivity contribution in [1.29, 1.82) is 0 Å². The van der Waals surface area contributed by atoms with Crippen LogP contribution < -0.4 is 9.47 Å². The van der Waals surface area contributed by atoms with Crippen molar-refractivity contribution in [3.05, 3.63) is 35.5 Å². The van der Waals surface area contributed by atoms with Crippen LogP contribution in [0.1, 0.15) is 38.7 Å². The van der Waals surface area contributed by atoms with Crippen molar-refractivity contribution in [3.8, 4) is 11.5 Å². The van der Waals surface area contributed by atoms with Crippen LogP contribution in [0.25, 0.3) is 0 Å². The van der Waals surface area contributed by atoms with E-state index in [0.717, 1.165) is 23.6 Å². The molecule has 1 aromatic carbocycles. The number of piperidine rings is 1. The predicted molar refractivity (Wildman–Crippen MR) is 110 cm³/mol. The molecule has 1 amide bonds. The van der Waals surface area contributed by atoms with Crippen molar-refractivity contribution in [3.63, 3.8) is 0 Å². The molecular weight excluding hydrogens is 394 g/mol. The van der Waals surface area contributed by atoms with Gasteiger partial charge in [0.25, 0.3) is 5.91 Å². The molecule has 2 unspecified atom stereocenters. The number of hydrogen-bond acceptors (Lipinski definition) is 5. The van der Waals surface area contributed by atoms with Gasteiger partial charge in [-0.15, -0.1) is 4.40 Å². The van der Waals surface area contributed by atoms with E-state index in [0.29, 0.717) is 17.1 Å². The van der Waals surface area contributed by atoms with Crippen LogP contribution in [0.3, 0.4) is 0 Å². The van der Waals surface area contributed by atoms with Gasteiger partial charge in [0, 0.05) is 24.7 Å². The van der Waals surface area contributed by atoms with E-state index in [4.69, 9.17) is 9.47 Å². The highest BCUT2D eigenvalue weighted by Crippen LogP contribution is 2.31. The van der Waals surface area contributed by atoms with Gasteiger partial charge in [-0.2, -0.15) is 8.42 Å². The van der Waals surface area contributed by atoms with Gasteiger partial charge in [0.1, 0.15) is 5.70 Å². The van der Waals surface area contributed by atoms with E-state index in [1.807, 2.05) is 13.8 Å². The van der Waals surface area contributed by atoms with Crippen LogP contribution in [0, 0.1) is 0 Å². The summed E-state index contributed by atoms with van der Waals surface area (Å²) >= 11 is 0. The Kier molecular flexibility index (Phi) is 5.88. The summed E-state index contributed by atoms with van der Waals surface area (Å²) in [6.45, 7) is 3.99. The van der Waals surface area contributed by atoms with Crippen molar-refractivity contribution < 1.29 is 22.7 Å². The molecule has 9 heteroatoms. The molecule has 158 valence electrons. The van der Waals surface area contributed by atoms with E-state index in [-0.39, 0.29) is 29.4 Å². The highest BCUT2D eigenvalue weighted by Gasteiger charge is 2.37. The quantitative estimate of drug-likeness (QED) is 0.745. The third kappa shape index (κ3) is 3.96. The maximum atomic E-state index is 13.3. The summed E-state index contributed by atoms with van der Waals surface area (Å²) in [5.41, 5.74) is 0.791. The number of hydrogen-bond donors (Lipinski definition) is 0. The number of rotatable bonds is 4. The molecule has 0 aliphatic carbocycles. The number of carbonyl (C=O) groups is 1. The molecule has 1 saturated heterocycles. The SMILES string of the molecule is COc1ccc(C2=NS(=O)(=O)N(C)C(C(=O)N3C(C)CCCC3C)=C2)cc1OC. The van der Waals surface area contributed by atoms with Crippen molar-refractivity contribution in [2.75, 3.05) is 21.3 Å². The molecule has 0 aromatic heterocycles. The molecule has 0 bridgehead atoms. The van der Waals surface area contributed by atoms with Crippen LogP contribution in [0.15, 0.2) is 34.4 Å². The van der Waals surface area contributed by atoms with Crippen LogP contribution in [0.4, 0.5) is 0 Å². The monoisotopic (exact) mass is 421 g/mol. The smallest absolute Gasteiger partial charge is 0.345 e. The Balaban J connectivity index is 2.05. The maximum Gasteiger partial charge on any atom is 0.345 e. The zero-order valence-corrected chi connectivity index (χ0v) is 18.2. The van der Waals surface area contributed by atoms with Crippen molar-refractivity contribution in [2.45, 2.75) is 45.2 Å². The second kappa shape index (κ2) is 8.06. The lowest BCUT2D eigenvalue weighted by Gasteiger charge is -2.40. The van der Waals surface area contributed by atoms with Crippen LogP contribution in [0.2, 0.25) is 0 Å². The van der Waals surface area contributed by atoms with Gasteiger partial charge >= 0.3 is 10.2 Å². The Morgan fingerprint density at radius 1 is 1.10 bits per heavy atom. The summed E-state index contributed by atoms with van der Waals surface area (Å²) in [5, 5.41) is 0. The average Bonchev–Trinajstić information content (AvgIpc) is 2.69. The molecule has 2 heterocycles. The molecule has 2 atom stereocenters. The number of allylic oxidation sites excluding steroid dienone is 1. The molecule has 1 fully saturated rings. The number of ether oxygens (including phenoxy) is 2. The first-order valence-electron chi connectivity index (χ1n) is 9.55. The van der Waals surface area contributed by atoms with Gasteiger partial charge in [-0.25, -0.2) is 4.31 Å². The highest BCUT2D eigenvalue weighted by atomic mass is 32.2. The molecule has 29 heavy (non-hydrogen) atoms. The fourth-order valence-corrected chi connectivity index (χ4v) is 4.75. The molecule has 0 spiro atoms. The second-order valence-electron chi connectivity index (χ2n) is 7.36. The van der Waals surface area contributed by atoms with E-state index in [9.17, 15) is 13.2 Å². The Morgan fingerprint density at radius 2 is 1.72 bits per heavy atom. The first-order valence-corrected chi connectivity index (χ1v) is 10.9. The summed E-state index contributed by atoms with van der Waals surface area (Å²) in [6, 6.07) is 5.10. The predicted octanol–water partition coefficient (Wildman–Crippen LogP) is 2.36. The molecule has 0 N–H and O–H groups in total. The number of nitrogens with zero attached hydrogens (tertiary/aromatic N) is 3. The van der Waals surface area contributed by atoms with Crippen molar-refractivity contribution in [2.24, 2.45) is 4.40 Å². The van der Waals surface area contributed by atoms with E-state index in [1.165, 1.54) is 27.3 Å². The fraction of sp³-hybridized carbons (Fsp3) is 0.500. The fourth-order valence-electron chi connectivity index (χ4n) is 3.84. The zero-order valence-electron chi connectivity index (χ0n) is 17.4. The summed E-state index contributed by atoms with van der Waals surface area (Å²) in [6.07, 6.45) is 4.38. The number of likely N-dealkylation sites (tertiary alicyclic amines) is 1. The molecule has 0 saturated carbocycles. The molecule has 2 aliphatic heterocycles. The average molecular weight is 422 g/mol.